The lowest BCUT2D eigenvalue weighted by Gasteiger charge is -2.02. The van der Waals surface area contributed by atoms with Gasteiger partial charge in [-0.3, -0.25) is 4.79 Å². The molecular weight excluding hydrogens is 158 g/mol. The fourth-order valence-electron chi connectivity index (χ4n) is 0.704. The fourth-order valence-corrected chi connectivity index (χ4v) is 0.704. The minimum Gasteiger partial charge on any atom is -0.382 e. The molecule has 4 nitrogen and oxygen atoms in total. The summed E-state index contributed by atoms with van der Waals surface area (Å²) in [6.45, 7) is 1.83. The zero-order chi connectivity index (χ0) is 9.23. The third kappa shape index (κ3) is 7.50. The van der Waals surface area contributed by atoms with Crippen LogP contribution in [0.15, 0.2) is 0 Å². The van der Waals surface area contributed by atoms with Crippen molar-refractivity contribution in [1.82, 2.24) is 5.32 Å². The van der Waals surface area contributed by atoms with E-state index in [4.69, 9.17) is 9.47 Å². The molecule has 0 aromatic carbocycles. The van der Waals surface area contributed by atoms with Crippen LogP contribution >= 0.6 is 0 Å². The molecule has 0 saturated heterocycles. The number of hydrogen-bond acceptors (Lipinski definition) is 3. The summed E-state index contributed by atoms with van der Waals surface area (Å²) in [5, 5.41) is 2.55. The van der Waals surface area contributed by atoms with Gasteiger partial charge in [-0.1, -0.05) is 0 Å². The first kappa shape index (κ1) is 11.4. The van der Waals surface area contributed by atoms with Crippen LogP contribution in [0, 0.1) is 0 Å². The van der Waals surface area contributed by atoms with Crippen molar-refractivity contribution in [1.29, 1.82) is 0 Å². The van der Waals surface area contributed by atoms with Crippen LogP contribution in [0.25, 0.3) is 0 Å². The third-order valence-corrected chi connectivity index (χ3v) is 1.40. The summed E-state index contributed by atoms with van der Waals surface area (Å²) in [6.07, 6.45) is 1.30. The molecule has 0 rings (SSSR count). The van der Waals surface area contributed by atoms with Gasteiger partial charge < -0.3 is 14.8 Å². The van der Waals surface area contributed by atoms with E-state index >= 15 is 0 Å². The number of carbonyl (C=O) groups excluding carboxylic acids is 1. The predicted octanol–water partition coefficient (Wildman–Crippen LogP) is 0.176. The van der Waals surface area contributed by atoms with Gasteiger partial charge in [0.25, 0.3) is 0 Å². The van der Waals surface area contributed by atoms with Crippen molar-refractivity contribution in [2.24, 2.45) is 0 Å². The van der Waals surface area contributed by atoms with Gasteiger partial charge in [-0.25, -0.2) is 0 Å². The van der Waals surface area contributed by atoms with Crippen molar-refractivity contribution < 1.29 is 14.3 Å². The fraction of sp³-hybridized carbons (Fsp3) is 0.875. The zero-order valence-electron chi connectivity index (χ0n) is 7.76. The van der Waals surface area contributed by atoms with E-state index in [0.717, 1.165) is 6.42 Å². The number of carbonyl (C=O) groups is 1. The number of ether oxygens (including phenoxy) is 2. The third-order valence-electron chi connectivity index (χ3n) is 1.40. The lowest BCUT2D eigenvalue weighted by molar-refractivity contribution is -0.120. The Kier molecular flexibility index (Phi) is 8.05. The zero-order valence-corrected chi connectivity index (χ0v) is 7.76. The Morgan fingerprint density at radius 3 is 2.67 bits per heavy atom. The lowest BCUT2D eigenvalue weighted by atomic mass is 10.3. The van der Waals surface area contributed by atoms with Gasteiger partial charge in [0, 0.05) is 27.2 Å². The number of nitrogens with one attached hydrogen (secondary N) is 1. The van der Waals surface area contributed by atoms with E-state index in [1.54, 1.807) is 14.2 Å². The average molecular weight is 175 g/mol. The first-order valence-corrected chi connectivity index (χ1v) is 4.08. The Bertz CT molecular complexity index is 117. The first-order chi connectivity index (χ1) is 5.81. The van der Waals surface area contributed by atoms with Gasteiger partial charge in [0.15, 0.2) is 0 Å². The molecule has 72 valence electrons. The van der Waals surface area contributed by atoms with Crippen molar-refractivity contribution in [3.05, 3.63) is 0 Å². The van der Waals surface area contributed by atoms with E-state index in [2.05, 4.69) is 5.32 Å². The molecule has 1 N–H and O–H groups in total. The molecule has 0 fully saturated rings. The van der Waals surface area contributed by atoms with Crippen LogP contribution in [-0.4, -0.2) is 39.9 Å². The second-order valence-corrected chi connectivity index (χ2v) is 2.38. The quantitative estimate of drug-likeness (QED) is 0.561. The minimum atomic E-state index is 0.0605. The Morgan fingerprint density at radius 1 is 1.33 bits per heavy atom. The van der Waals surface area contributed by atoms with Crippen LogP contribution in [0.5, 0.6) is 0 Å². The number of rotatable bonds is 7. The molecule has 12 heavy (non-hydrogen) atoms. The van der Waals surface area contributed by atoms with Gasteiger partial charge in [-0.05, 0) is 6.42 Å². The molecule has 0 radical (unpaired) electrons. The van der Waals surface area contributed by atoms with E-state index in [1.807, 2.05) is 0 Å². The Balaban J connectivity index is 2.95. The predicted molar refractivity (Wildman–Crippen MR) is 46.0 cm³/mol. The molecule has 0 saturated carbocycles. The van der Waals surface area contributed by atoms with Crippen molar-refractivity contribution in [2.75, 3.05) is 34.0 Å². The molecule has 0 aliphatic rings. The van der Waals surface area contributed by atoms with Crippen LogP contribution in [0.4, 0.5) is 0 Å². The van der Waals surface area contributed by atoms with E-state index in [-0.39, 0.29) is 5.91 Å². The maximum atomic E-state index is 10.7. The van der Waals surface area contributed by atoms with Crippen molar-refractivity contribution in [2.45, 2.75) is 12.8 Å². The van der Waals surface area contributed by atoms with Crippen LogP contribution in [0.2, 0.25) is 0 Å². The summed E-state index contributed by atoms with van der Waals surface area (Å²) in [7, 11) is 3.27. The molecule has 0 aromatic heterocycles. The Morgan fingerprint density at radius 2 is 2.08 bits per heavy atom. The second-order valence-electron chi connectivity index (χ2n) is 2.38. The smallest absolute Gasteiger partial charge is 0.219 e. The highest BCUT2D eigenvalue weighted by molar-refractivity contribution is 5.75. The van der Waals surface area contributed by atoms with Crippen molar-refractivity contribution >= 4 is 5.91 Å². The van der Waals surface area contributed by atoms with Crippen LogP contribution < -0.4 is 5.32 Å². The van der Waals surface area contributed by atoms with Crippen LogP contribution in [-0.2, 0) is 14.3 Å². The number of methoxy groups -OCH3 is 1. The minimum absolute atomic E-state index is 0.0605. The largest absolute Gasteiger partial charge is 0.382 e. The molecular formula is C8H17NO3. The van der Waals surface area contributed by atoms with Crippen molar-refractivity contribution in [3.8, 4) is 0 Å². The monoisotopic (exact) mass is 175 g/mol. The summed E-state index contributed by atoms with van der Waals surface area (Å²) in [4.78, 5) is 10.7. The van der Waals surface area contributed by atoms with Crippen LogP contribution in [0.3, 0.4) is 0 Å². The average Bonchev–Trinajstić information content (AvgIpc) is 2.10. The van der Waals surface area contributed by atoms with Gasteiger partial charge in [-0.2, -0.15) is 0 Å². The molecule has 0 aliphatic carbocycles. The number of amides is 1. The van der Waals surface area contributed by atoms with Gasteiger partial charge >= 0.3 is 0 Å². The summed E-state index contributed by atoms with van der Waals surface area (Å²) >= 11 is 0. The molecule has 0 spiro atoms. The van der Waals surface area contributed by atoms with Gasteiger partial charge in [0.05, 0.1) is 13.2 Å². The van der Waals surface area contributed by atoms with Crippen LogP contribution in [0.1, 0.15) is 12.8 Å². The van der Waals surface area contributed by atoms with E-state index < -0.39 is 0 Å². The lowest BCUT2D eigenvalue weighted by Crippen LogP contribution is -2.17. The topological polar surface area (TPSA) is 47.6 Å². The maximum Gasteiger partial charge on any atom is 0.219 e. The highest BCUT2D eigenvalue weighted by atomic mass is 16.5. The van der Waals surface area contributed by atoms with Gasteiger partial charge in [0.1, 0.15) is 0 Å². The number of hydrogen-bond donors (Lipinski definition) is 1. The van der Waals surface area contributed by atoms with E-state index in [1.165, 1.54) is 0 Å². The summed E-state index contributed by atoms with van der Waals surface area (Å²) in [6, 6.07) is 0. The van der Waals surface area contributed by atoms with E-state index in [0.29, 0.717) is 26.2 Å². The molecule has 0 aliphatic heterocycles. The van der Waals surface area contributed by atoms with Gasteiger partial charge in [-0.15, -0.1) is 0 Å². The molecule has 4 heteroatoms. The Labute approximate surface area is 73.2 Å². The SMILES string of the molecule is CNC(=O)CCCOCCOC. The maximum absolute atomic E-state index is 10.7. The first-order valence-electron chi connectivity index (χ1n) is 4.08. The van der Waals surface area contributed by atoms with E-state index in [9.17, 15) is 4.79 Å². The highest BCUT2D eigenvalue weighted by Gasteiger charge is 1.96. The Hall–Kier alpha value is -0.610. The normalized spacial score (nSPS) is 9.83. The molecule has 0 aromatic rings. The summed E-state index contributed by atoms with van der Waals surface area (Å²) in [5.41, 5.74) is 0. The molecule has 0 atom stereocenters. The molecule has 1 amide bonds. The highest BCUT2D eigenvalue weighted by Crippen LogP contribution is 1.89. The second kappa shape index (κ2) is 8.49. The molecule has 0 unspecified atom stereocenters. The molecule has 0 bridgehead atoms. The van der Waals surface area contributed by atoms with Gasteiger partial charge in [0.2, 0.25) is 5.91 Å². The standard InChI is InChI=1S/C8H17NO3/c1-9-8(10)4-3-5-12-7-6-11-2/h3-7H2,1-2H3,(H,9,10). The van der Waals surface area contributed by atoms with Crippen molar-refractivity contribution in [3.63, 3.8) is 0 Å². The molecule has 0 heterocycles. The summed E-state index contributed by atoms with van der Waals surface area (Å²) in [5.74, 6) is 0.0605. The summed E-state index contributed by atoms with van der Waals surface area (Å²) < 4.78 is 9.95.